The zero-order valence-electron chi connectivity index (χ0n) is 10.1. The Kier molecular flexibility index (Phi) is 4.26. The van der Waals surface area contributed by atoms with Crippen molar-refractivity contribution in [3.05, 3.63) is 60.0 Å². The summed E-state index contributed by atoms with van der Waals surface area (Å²) in [6.07, 6.45) is 3.21. The Morgan fingerprint density at radius 3 is 3.00 bits per heavy atom. The number of nitrogens with zero attached hydrogens (tertiary/aromatic N) is 2. The predicted octanol–water partition coefficient (Wildman–Crippen LogP) is 2.71. The molecular weight excluding hydrogens is 262 g/mol. The number of amides is 1. The van der Waals surface area contributed by atoms with Gasteiger partial charge in [-0.1, -0.05) is 18.2 Å². The summed E-state index contributed by atoms with van der Waals surface area (Å²) in [5.41, 5.74) is 2.06. The SMILES string of the molecule is C=CCNC(=O)c1cccc(-c2ccnc(Cl)n2)c1. The van der Waals surface area contributed by atoms with Crippen molar-refractivity contribution in [1.29, 1.82) is 0 Å². The van der Waals surface area contributed by atoms with Gasteiger partial charge in [0, 0.05) is 23.9 Å². The van der Waals surface area contributed by atoms with E-state index in [4.69, 9.17) is 11.6 Å². The van der Waals surface area contributed by atoms with Gasteiger partial charge in [-0.2, -0.15) is 0 Å². The van der Waals surface area contributed by atoms with Crippen LogP contribution in [-0.4, -0.2) is 22.4 Å². The number of hydrogen-bond donors (Lipinski definition) is 1. The highest BCUT2D eigenvalue weighted by molar-refractivity contribution is 6.28. The lowest BCUT2D eigenvalue weighted by Crippen LogP contribution is -2.23. The number of carbonyl (C=O) groups excluding carboxylic acids is 1. The fraction of sp³-hybridized carbons (Fsp3) is 0.0714. The van der Waals surface area contributed by atoms with Gasteiger partial charge in [0.25, 0.3) is 5.91 Å². The van der Waals surface area contributed by atoms with E-state index in [2.05, 4.69) is 21.9 Å². The van der Waals surface area contributed by atoms with E-state index in [1.54, 1.807) is 36.5 Å². The Morgan fingerprint density at radius 2 is 2.26 bits per heavy atom. The molecule has 0 unspecified atom stereocenters. The molecule has 0 saturated heterocycles. The summed E-state index contributed by atoms with van der Waals surface area (Å²) in [7, 11) is 0. The van der Waals surface area contributed by atoms with Crippen LogP contribution in [0.4, 0.5) is 0 Å². The number of aromatic nitrogens is 2. The molecule has 0 aliphatic rings. The van der Waals surface area contributed by atoms with Crippen LogP contribution in [0.15, 0.2) is 49.2 Å². The molecule has 96 valence electrons. The van der Waals surface area contributed by atoms with Crippen LogP contribution < -0.4 is 5.32 Å². The summed E-state index contributed by atoms with van der Waals surface area (Å²) in [5, 5.41) is 2.90. The van der Waals surface area contributed by atoms with E-state index in [1.807, 2.05) is 6.07 Å². The average Bonchev–Trinajstić information content (AvgIpc) is 2.45. The maximum atomic E-state index is 11.8. The summed E-state index contributed by atoms with van der Waals surface area (Å²) in [6.45, 7) is 3.99. The van der Waals surface area contributed by atoms with Gasteiger partial charge < -0.3 is 5.32 Å². The first-order valence-corrected chi connectivity index (χ1v) is 6.06. The van der Waals surface area contributed by atoms with Crippen LogP contribution in [0.1, 0.15) is 10.4 Å². The topological polar surface area (TPSA) is 54.9 Å². The van der Waals surface area contributed by atoms with E-state index in [0.29, 0.717) is 17.8 Å². The summed E-state index contributed by atoms with van der Waals surface area (Å²) >= 11 is 5.75. The Bertz CT molecular complexity index is 613. The van der Waals surface area contributed by atoms with Crippen molar-refractivity contribution in [3.63, 3.8) is 0 Å². The summed E-state index contributed by atoms with van der Waals surface area (Å²) in [5.74, 6) is -0.151. The Labute approximate surface area is 116 Å². The molecule has 2 rings (SSSR count). The van der Waals surface area contributed by atoms with Crippen LogP contribution in [0, 0.1) is 0 Å². The summed E-state index contributed by atoms with van der Waals surface area (Å²) < 4.78 is 0. The zero-order valence-corrected chi connectivity index (χ0v) is 10.9. The maximum absolute atomic E-state index is 11.8. The highest BCUT2D eigenvalue weighted by Crippen LogP contribution is 2.19. The highest BCUT2D eigenvalue weighted by atomic mass is 35.5. The van der Waals surface area contributed by atoms with Gasteiger partial charge in [0.05, 0.1) is 5.69 Å². The zero-order chi connectivity index (χ0) is 13.7. The largest absolute Gasteiger partial charge is 0.349 e. The molecule has 1 N–H and O–H groups in total. The van der Waals surface area contributed by atoms with Crippen molar-refractivity contribution in [2.45, 2.75) is 0 Å². The van der Waals surface area contributed by atoms with E-state index in [-0.39, 0.29) is 11.2 Å². The van der Waals surface area contributed by atoms with Gasteiger partial charge in [-0.25, -0.2) is 9.97 Å². The van der Waals surface area contributed by atoms with Crippen LogP contribution in [0.3, 0.4) is 0 Å². The van der Waals surface area contributed by atoms with E-state index >= 15 is 0 Å². The van der Waals surface area contributed by atoms with Gasteiger partial charge in [0.1, 0.15) is 0 Å². The fourth-order valence-corrected chi connectivity index (χ4v) is 1.73. The molecule has 0 atom stereocenters. The van der Waals surface area contributed by atoms with Gasteiger partial charge in [0.2, 0.25) is 5.28 Å². The molecule has 5 heteroatoms. The Morgan fingerprint density at radius 1 is 1.42 bits per heavy atom. The monoisotopic (exact) mass is 273 g/mol. The van der Waals surface area contributed by atoms with E-state index < -0.39 is 0 Å². The molecule has 0 radical (unpaired) electrons. The average molecular weight is 274 g/mol. The van der Waals surface area contributed by atoms with Crippen molar-refractivity contribution in [2.75, 3.05) is 6.54 Å². The first-order valence-electron chi connectivity index (χ1n) is 5.69. The lowest BCUT2D eigenvalue weighted by Gasteiger charge is -2.05. The molecule has 1 amide bonds. The van der Waals surface area contributed by atoms with Gasteiger partial charge in [0.15, 0.2) is 0 Å². The number of carbonyl (C=O) groups is 1. The smallest absolute Gasteiger partial charge is 0.251 e. The van der Waals surface area contributed by atoms with Crippen molar-refractivity contribution in [3.8, 4) is 11.3 Å². The molecule has 0 saturated carbocycles. The molecule has 0 spiro atoms. The summed E-state index contributed by atoms with van der Waals surface area (Å²) in [6, 6.07) is 8.91. The first-order chi connectivity index (χ1) is 9.20. The Hall–Kier alpha value is -2.20. The van der Waals surface area contributed by atoms with Crippen LogP contribution in [0.5, 0.6) is 0 Å². The number of benzene rings is 1. The normalized spacial score (nSPS) is 9.95. The van der Waals surface area contributed by atoms with Crippen molar-refractivity contribution in [2.24, 2.45) is 0 Å². The number of rotatable bonds is 4. The molecule has 4 nitrogen and oxygen atoms in total. The second-order valence-corrected chi connectivity index (χ2v) is 4.13. The minimum absolute atomic E-state index is 0.151. The molecule has 1 heterocycles. The molecule has 0 fully saturated rings. The maximum Gasteiger partial charge on any atom is 0.251 e. The second kappa shape index (κ2) is 6.11. The minimum Gasteiger partial charge on any atom is -0.349 e. The third kappa shape index (κ3) is 3.39. The third-order valence-corrected chi connectivity index (χ3v) is 2.64. The molecule has 19 heavy (non-hydrogen) atoms. The van der Waals surface area contributed by atoms with Crippen molar-refractivity contribution < 1.29 is 4.79 Å². The summed E-state index contributed by atoms with van der Waals surface area (Å²) in [4.78, 5) is 19.8. The lowest BCUT2D eigenvalue weighted by atomic mass is 10.1. The van der Waals surface area contributed by atoms with Gasteiger partial charge in [-0.05, 0) is 29.8 Å². The molecule has 1 aromatic carbocycles. The van der Waals surface area contributed by atoms with Gasteiger partial charge in [-0.3, -0.25) is 4.79 Å². The highest BCUT2D eigenvalue weighted by Gasteiger charge is 2.07. The molecule has 0 bridgehead atoms. The quantitative estimate of drug-likeness (QED) is 0.688. The molecule has 0 aliphatic carbocycles. The van der Waals surface area contributed by atoms with Gasteiger partial charge in [-0.15, -0.1) is 6.58 Å². The van der Waals surface area contributed by atoms with E-state index in [0.717, 1.165) is 5.56 Å². The predicted molar refractivity (Wildman–Crippen MR) is 75.0 cm³/mol. The first kappa shape index (κ1) is 13.2. The fourth-order valence-electron chi connectivity index (χ4n) is 1.58. The Balaban J connectivity index is 2.29. The molecule has 0 aliphatic heterocycles. The molecular formula is C14H12ClN3O. The second-order valence-electron chi connectivity index (χ2n) is 3.79. The van der Waals surface area contributed by atoms with Crippen molar-refractivity contribution >= 4 is 17.5 Å². The minimum atomic E-state index is -0.151. The number of halogens is 1. The molecule has 1 aromatic heterocycles. The third-order valence-electron chi connectivity index (χ3n) is 2.45. The van der Waals surface area contributed by atoms with Gasteiger partial charge >= 0.3 is 0 Å². The van der Waals surface area contributed by atoms with Crippen molar-refractivity contribution in [1.82, 2.24) is 15.3 Å². The van der Waals surface area contributed by atoms with Crippen LogP contribution >= 0.6 is 11.6 Å². The van der Waals surface area contributed by atoms with E-state index in [9.17, 15) is 4.79 Å². The number of nitrogens with one attached hydrogen (secondary N) is 1. The lowest BCUT2D eigenvalue weighted by molar-refractivity contribution is 0.0958. The van der Waals surface area contributed by atoms with Crippen LogP contribution in [-0.2, 0) is 0 Å². The van der Waals surface area contributed by atoms with E-state index in [1.165, 1.54) is 0 Å². The number of hydrogen-bond acceptors (Lipinski definition) is 3. The van der Waals surface area contributed by atoms with Crippen LogP contribution in [0.2, 0.25) is 5.28 Å². The van der Waals surface area contributed by atoms with Crippen LogP contribution in [0.25, 0.3) is 11.3 Å². The standard InChI is InChI=1S/C14H12ClN3O/c1-2-7-16-13(19)11-5-3-4-10(9-11)12-6-8-17-14(15)18-12/h2-6,8-9H,1,7H2,(H,16,19). The molecule has 2 aromatic rings.